The van der Waals surface area contributed by atoms with Gasteiger partial charge in [0.15, 0.2) is 0 Å². The van der Waals surface area contributed by atoms with Gasteiger partial charge in [0.2, 0.25) is 5.76 Å². The molecule has 0 unspecified atom stereocenters. The molecule has 1 aliphatic heterocycles. The van der Waals surface area contributed by atoms with Gasteiger partial charge in [-0.05, 0) is 12.3 Å². The summed E-state index contributed by atoms with van der Waals surface area (Å²) >= 11 is 0. The third kappa shape index (κ3) is 2.45. The molecule has 6 nitrogen and oxygen atoms in total. The average Bonchev–Trinajstić information content (AvgIpc) is 3.04. The molecule has 0 atom stereocenters. The minimum atomic E-state index is -0.0973. The van der Waals surface area contributed by atoms with Crippen molar-refractivity contribution in [2.45, 2.75) is 33.4 Å². The summed E-state index contributed by atoms with van der Waals surface area (Å²) in [4.78, 5) is 18.3. The van der Waals surface area contributed by atoms with Crippen LogP contribution in [0.4, 0.5) is 0 Å². The molecule has 0 fully saturated rings. The second-order valence-corrected chi connectivity index (χ2v) is 5.59. The van der Waals surface area contributed by atoms with E-state index in [1.54, 1.807) is 23.5 Å². The van der Waals surface area contributed by atoms with Crippen LogP contribution in [0.1, 0.15) is 35.8 Å². The zero-order valence-corrected chi connectivity index (χ0v) is 11.7. The van der Waals surface area contributed by atoms with Gasteiger partial charge in [-0.25, -0.2) is 4.98 Å². The van der Waals surface area contributed by atoms with Crippen LogP contribution < -0.4 is 0 Å². The van der Waals surface area contributed by atoms with Gasteiger partial charge in [0.25, 0.3) is 5.91 Å². The highest BCUT2D eigenvalue weighted by Crippen LogP contribution is 2.16. The van der Waals surface area contributed by atoms with E-state index in [1.165, 1.54) is 0 Å². The van der Waals surface area contributed by atoms with Gasteiger partial charge in [-0.1, -0.05) is 19.0 Å². The number of rotatable bonds is 3. The van der Waals surface area contributed by atoms with Crippen molar-refractivity contribution in [2.75, 3.05) is 6.54 Å². The molecule has 3 heterocycles. The number of hydrogen-bond acceptors (Lipinski definition) is 4. The fourth-order valence-corrected chi connectivity index (χ4v) is 2.44. The number of amides is 1. The molecule has 20 heavy (non-hydrogen) atoms. The van der Waals surface area contributed by atoms with Gasteiger partial charge in [0.1, 0.15) is 0 Å². The minimum absolute atomic E-state index is 0.0973. The monoisotopic (exact) mass is 274 g/mol. The molecule has 1 aliphatic rings. The Bertz CT molecular complexity index is 614. The SMILES string of the molecule is CC(C)Cc1cc(C(=O)N2CCn3cncc3C2)on1. The smallest absolute Gasteiger partial charge is 0.292 e. The van der Waals surface area contributed by atoms with Crippen LogP contribution in [0.15, 0.2) is 23.1 Å². The number of imidazole rings is 1. The summed E-state index contributed by atoms with van der Waals surface area (Å²) in [5.74, 6) is 0.723. The zero-order chi connectivity index (χ0) is 14.1. The summed E-state index contributed by atoms with van der Waals surface area (Å²) < 4.78 is 7.25. The first-order valence-electron chi connectivity index (χ1n) is 6.87. The normalized spacial score (nSPS) is 14.7. The molecule has 3 rings (SSSR count). The van der Waals surface area contributed by atoms with Crippen LogP contribution in [0.25, 0.3) is 0 Å². The van der Waals surface area contributed by atoms with Crippen molar-refractivity contribution in [3.63, 3.8) is 0 Å². The van der Waals surface area contributed by atoms with Crippen LogP contribution in [0, 0.1) is 5.92 Å². The maximum absolute atomic E-state index is 12.4. The van der Waals surface area contributed by atoms with E-state index in [2.05, 4.69) is 28.6 Å². The fourth-order valence-electron chi connectivity index (χ4n) is 2.44. The van der Waals surface area contributed by atoms with E-state index in [4.69, 9.17) is 4.52 Å². The van der Waals surface area contributed by atoms with E-state index in [9.17, 15) is 4.79 Å². The Morgan fingerprint density at radius 3 is 3.10 bits per heavy atom. The van der Waals surface area contributed by atoms with Crippen molar-refractivity contribution in [1.29, 1.82) is 0 Å². The van der Waals surface area contributed by atoms with Crippen LogP contribution in [0.2, 0.25) is 0 Å². The van der Waals surface area contributed by atoms with Crippen molar-refractivity contribution in [3.8, 4) is 0 Å². The first-order chi connectivity index (χ1) is 9.63. The molecule has 6 heteroatoms. The summed E-state index contributed by atoms with van der Waals surface area (Å²) in [6.45, 7) is 6.24. The first kappa shape index (κ1) is 12.9. The molecule has 0 spiro atoms. The number of nitrogens with zero attached hydrogens (tertiary/aromatic N) is 4. The number of aromatic nitrogens is 3. The van der Waals surface area contributed by atoms with E-state index in [1.807, 2.05) is 0 Å². The Morgan fingerprint density at radius 1 is 1.45 bits per heavy atom. The number of hydrogen-bond donors (Lipinski definition) is 0. The Hall–Kier alpha value is -2.11. The zero-order valence-electron chi connectivity index (χ0n) is 11.7. The standard InChI is InChI=1S/C14H18N4O2/c1-10(2)5-11-6-13(20-16-11)14(19)17-3-4-18-9-15-7-12(18)8-17/h6-7,9-10H,3-5,8H2,1-2H3. The van der Waals surface area contributed by atoms with Crippen LogP contribution in [-0.2, 0) is 19.5 Å². The third-order valence-corrected chi connectivity index (χ3v) is 3.44. The van der Waals surface area contributed by atoms with Gasteiger partial charge >= 0.3 is 0 Å². The second kappa shape index (κ2) is 5.11. The summed E-state index contributed by atoms with van der Waals surface area (Å²) in [7, 11) is 0. The van der Waals surface area contributed by atoms with Gasteiger partial charge in [0.05, 0.1) is 24.3 Å². The molecule has 0 N–H and O–H groups in total. The van der Waals surface area contributed by atoms with Gasteiger partial charge in [-0.2, -0.15) is 0 Å². The lowest BCUT2D eigenvalue weighted by atomic mass is 10.1. The Balaban J connectivity index is 1.72. The fraction of sp³-hybridized carbons (Fsp3) is 0.500. The minimum Gasteiger partial charge on any atom is -0.351 e. The van der Waals surface area contributed by atoms with E-state index < -0.39 is 0 Å². The summed E-state index contributed by atoms with van der Waals surface area (Å²) in [5.41, 5.74) is 1.89. The van der Waals surface area contributed by atoms with Gasteiger partial charge in [-0.15, -0.1) is 0 Å². The van der Waals surface area contributed by atoms with Crippen LogP contribution >= 0.6 is 0 Å². The lowest BCUT2D eigenvalue weighted by Crippen LogP contribution is -2.37. The topological polar surface area (TPSA) is 64.2 Å². The molecule has 106 valence electrons. The molecule has 0 saturated carbocycles. The largest absolute Gasteiger partial charge is 0.351 e. The van der Waals surface area contributed by atoms with Crippen LogP contribution in [0.3, 0.4) is 0 Å². The van der Waals surface area contributed by atoms with Crippen LogP contribution in [-0.4, -0.2) is 32.1 Å². The van der Waals surface area contributed by atoms with E-state index >= 15 is 0 Å². The Labute approximate surface area is 117 Å². The third-order valence-electron chi connectivity index (χ3n) is 3.44. The quantitative estimate of drug-likeness (QED) is 0.855. The molecule has 0 bridgehead atoms. The predicted molar refractivity (Wildman–Crippen MR) is 72.0 cm³/mol. The van der Waals surface area contributed by atoms with Crippen LogP contribution in [0.5, 0.6) is 0 Å². The molecule has 0 aromatic carbocycles. The highest BCUT2D eigenvalue weighted by Gasteiger charge is 2.24. The molecular formula is C14H18N4O2. The Kier molecular flexibility index (Phi) is 3.30. The molecule has 0 aliphatic carbocycles. The molecule has 1 amide bonds. The van der Waals surface area contributed by atoms with Crippen molar-refractivity contribution in [2.24, 2.45) is 5.92 Å². The molecular weight excluding hydrogens is 256 g/mol. The van der Waals surface area contributed by atoms with Crippen molar-refractivity contribution in [1.82, 2.24) is 19.6 Å². The molecule has 2 aromatic heterocycles. The van der Waals surface area contributed by atoms with E-state index in [0.29, 0.717) is 24.8 Å². The van der Waals surface area contributed by atoms with Gasteiger partial charge in [-0.3, -0.25) is 4.79 Å². The number of carbonyl (C=O) groups excluding carboxylic acids is 1. The summed E-state index contributed by atoms with van der Waals surface area (Å²) in [5, 5.41) is 3.97. The molecule has 0 radical (unpaired) electrons. The van der Waals surface area contributed by atoms with Crippen molar-refractivity contribution < 1.29 is 9.32 Å². The molecule has 2 aromatic rings. The van der Waals surface area contributed by atoms with Gasteiger partial charge < -0.3 is 14.0 Å². The summed E-state index contributed by atoms with van der Waals surface area (Å²) in [6, 6.07) is 1.76. The number of fused-ring (bicyclic) bond motifs is 1. The Morgan fingerprint density at radius 2 is 2.30 bits per heavy atom. The lowest BCUT2D eigenvalue weighted by molar-refractivity contribution is 0.0669. The van der Waals surface area contributed by atoms with E-state index in [0.717, 1.165) is 24.4 Å². The molecule has 0 saturated heterocycles. The second-order valence-electron chi connectivity index (χ2n) is 5.59. The van der Waals surface area contributed by atoms with Crippen molar-refractivity contribution in [3.05, 3.63) is 35.7 Å². The number of carbonyl (C=O) groups is 1. The summed E-state index contributed by atoms with van der Waals surface area (Å²) in [6.07, 6.45) is 4.42. The maximum atomic E-state index is 12.4. The highest BCUT2D eigenvalue weighted by atomic mass is 16.5. The predicted octanol–water partition coefficient (Wildman–Crippen LogP) is 1.73. The van der Waals surface area contributed by atoms with Crippen molar-refractivity contribution >= 4 is 5.91 Å². The first-order valence-corrected chi connectivity index (χ1v) is 6.87. The average molecular weight is 274 g/mol. The lowest BCUT2D eigenvalue weighted by Gasteiger charge is -2.27. The van der Waals surface area contributed by atoms with Gasteiger partial charge in [0, 0.05) is 25.4 Å². The maximum Gasteiger partial charge on any atom is 0.292 e. The highest BCUT2D eigenvalue weighted by molar-refractivity contribution is 5.91. The van der Waals surface area contributed by atoms with E-state index in [-0.39, 0.29) is 5.91 Å².